The summed E-state index contributed by atoms with van der Waals surface area (Å²) in [6, 6.07) is 3.80. The number of nitrogens with zero attached hydrogens (tertiary/aromatic N) is 4. The predicted octanol–water partition coefficient (Wildman–Crippen LogP) is 4.32. The average molecular weight is 546 g/mol. The maximum Gasteiger partial charge on any atom is 0.416 e. The lowest BCUT2D eigenvalue weighted by Crippen LogP contribution is -2.59. The number of methoxy groups -OCH3 is 1. The third kappa shape index (κ3) is 7.14. The molecule has 2 rings (SSSR count). The largest absolute Gasteiger partial charge is 0.466 e. The highest BCUT2D eigenvalue weighted by Gasteiger charge is 2.44. The number of ether oxygens (including phenoxy) is 1. The summed E-state index contributed by atoms with van der Waals surface area (Å²) in [4.78, 5) is 27.8. The summed E-state index contributed by atoms with van der Waals surface area (Å²) in [5.41, 5.74) is 5.28. The number of hydrogen-bond donors (Lipinski definition) is 2. The highest BCUT2D eigenvalue weighted by Crippen LogP contribution is 2.38. The number of urea groups is 1. The molecule has 3 N–H and O–H groups in total. The van der Waals surface area contributed by atoms with Crippen molar-refractivity contribution >= 4 is 23.6 Å². The summed E-state index contributed by atoms with van der Waals surface area (Å²) in [6.45, 7) is 5.56. The lowest BCUT2D eigenvalue weighted by molar-refractivity contribution is -0.870. The van der Waals surface area contributed by atoms with E-state index in [1.165, 1.54) is 25.1 Å². The highest BCUT2D eigenvalue weighted by molar-refractivity contribution is 6.10. The van der Waals surface area contributed by atoms with Crippen molar-refractivity contribution in [1.82, 2.24) is 4.90 Å². The number of carbonyl (C=O) groups excluding carboxylic acids is 2. The van der Waals surface area contributed by atoms with Crippen LogP contribution in [0.1, 0.15) is 18.9 Å². The first-order chi connectivity index (χ1) is 18.1. The molecule has 0 fully saturated rings. The quantitative estimate of drug-likeness (QED) is 0.218. The molecule has 1 aliphatic heterocycles. The van der Waals surface area contributed by atoms with Crippen LogP contribution in [0.15, 0.2) is 71.5 Å². The first-order valence-electron chi connectivity index (χ1n) is 11.7. The number of esters is 1. The molecule has 0 aliphatic carbocycles. The maximum atomic E-state index is 13.5. The van der Waals surface area contributed by atoms with E-state index in [9.17, 15) is 28.0 Å². The Kier molecular flexibility index (Phi) is 9.49. The Morgan fingerprint density at radius 3 is 2.41 bits per heavy atom. The molecule has 1 atom stereocenters. The third-order valence-corrected chi connectivity index (χ3v) is 6.02. The molecule has 1 aromatic carbocycles. The molecule has 0 spiro atoms. The van der Waals surface area contributed by atoms with Crippen LogP contribution in [0.25, 0.3) is 0 Å². The number of benzene rings is 1. The molecule has 0 aromatic heterocycles. The smallest absolute Gasteiger partial charge is 0.416 e. The molecule has 9 nitrogen and oxygen atoms in total. The van der Waals surface area contributed by atoms with E-state index in [-0.39, 0.29) is 22.5 Å². The molecular weight excluding hydrogens is 513 g/mol. The first kappa shape index (κ1) is 30.9. The van der Waals surface area contributed by atoms with Gasteiger partial charge >= 0.3 is 18.2 Å². The standard InChI is InChI=1S/C27H31F3N6O3/c1-7-18(16-31)11-12-19(13-14-36(3,4)5)23-22(24(37)39-6)17(2)34(25(32)35(23)26(33)38)21-10-8-9-20(15-21)27(28,29)30/h7-12,15,23,32H,1,13-14H2,2-6H3,(H-,33,38)/p+1/b18-11+,19-12+,32-25?/t23-/m1/s1. The molecule has 0 saturated heterocycles. The fourth-order valence-electron chi connectivity index (χ4n) is 4.05. The fourth-order valence-corrected chi connectivity index (χ4v) is 4.05. The number of carbonyl (C=O) groups is 2. The van der Waals surface area contributed by atoms with E-state index in [1.807, 2.05) is 27.2 Å². The first-order valence-corrected chi connectivity index (χ1v) is 11.7. The van der Waals surface area contributed by atoms with Gasteiger partial charge in [-0.15, -0.1) is 0 Å². The van der Waals surface area contributed by atoms with Gasteiger partial charge in [-0.2, -0.15) is 18.4 Å². The lowest BCUT2D eigenvalue weighted by Gasteiger charge is -2.43. The van der Waals surface area contributed by atoms with Crippen molar-refractivity contribution in [2.75, 3.05) is 39.7 Å². The van der Waals surface area contributed by atoms with Crippen LogP contribution in [0.3, 0.4) is 0 Å². The molecule has 208 valence electrons. The Labute approximate surface area is 225 Å². The molecule has 39 heavy (non-hydrogen) atoms. The van der Waals surface area contributed by atoms with Gasteiger partial charge in [0.15, 0.2) is 0 Å². The van der Waals surface area contributed by atoms with Crippen molar-refractivity contribution in [2.24, 2.45) is 5.73 Å². The molecule has 12 heteroatoms. The van der Waals surface area contributed by atoms with E-state index in [1.54, 1.807) is 6.08 Å². The number of hydrogen-bond acceptors (Lipinski definition) is 5. The number of nitrogens with two attached hydrogens (primary N) is 1. The number of amides is 2. The van der Waals surface area contributed by atoms with Crippen molar-refractivity contribution in [1.29, 1.82) is 10.7 Å². The van der Waals surface area contributed by atoms with E-state index in [0.717, 1.165) is 35.1 Å². The van der Waals surface area contributed by atoms with E-state index < -0.39 is 35.7 Å². The topological polar surface area (TPSA) is 124 Å². The van der Waals surface area contributed by atoms with E-state index in [2.05, 4.69) is 6.58 Å². The number of anilines is 1. The fraction of sp³-hybridized carbons (Fsp3) is 0.333. The Morgan fingerprint density at radius 1 is 1.28 bits per heavy atom. The monoisotopic (exact) mass is 545 g/mol. The van der Waals surface area contributed by atoms with Gasteiger partial charge in [-0.05, 0) is 36.8 Å². The van der Waals surface area contributed by atoms with Crippen molar-refractivity contribution < 1.29 is 32.0 Å². The van der Waals surface area contributed by atoms with Gasteiger partial charge in [0.1, 0.15) is 0 Å². The maximum absolute atomic E-state index is 13.5. The minimum Gasteiger partial charge on any atom is -0.466 e. The second-order valence-electron chi connectivity index (χ2n) is 9.75. The van der Waals surface area contributed by atoms with Gasteiger partial charge in [0.2, 0.25) is 5.96 Å². The molecule has 1 heterocycles. The molecule has 2 amide bonds. The number of quaternary nitrogens is 1. The zero-order chi connectivity index (χ0) is 29.7. The van der Waals surface area contributed by atoms with Gasteiger partial charge in [0.05, 0.1) is 63.6 Å². The number of alkyl halides is 3. The molecule has 0 saturated carbocycles. The van der Waals surface area contributed by atoms with Crippen LogP contribution in [0, 0.1) is 16.7 Å². The Balaban J connectivity index is 2.91. The van der Waals surface area contributed by atoms with Crippen LogP contribution >= 0.6 is 0 Å². The highest BCUT2D eigenvalue weighted by atomic mass is 19.4. The summed E-state index contributed by atoms with van der Waals surface area (Å²) in [5.74, 6) is -1.42. The van der Waals surface area contributed by atoms with Gasteiger partial charge in [0.25, 0.3) is 0 Å². The minimum absolute atomic E-state index is 0.0815. The van der Waals surface area contributed by atoms with Gasteiger partial charge in [-0.1, -0.05) is 24.8 Å². The number of rotatable bonds is 8. The zero-order valence-corrected chi connectivity index (χ0v) is 22.5. The number of guanidine groups is 1. The number of nitrogens with one attached hydrogen (secondary N) is 1. The average Bonchev–Trinajstić information content (AvgIpc) is 2.84. The van der Waals surface area contributed by atoms with Crippen LogP contribution < -0.4 is 10.6 Å². The summed E-state index contributed by atoms with van der Waals surface area (Å²) in [6.07, 6.45) is -0.0147. The summed E-state index contributed by atoms with van der Waals surface area (Å²) in [5, 5.41) is 18.2. The number of nitriles is 1. The van der Waals surface area contributed by atoms with Crippen LogP contribution in [0.4, 0.5) is 23.7 Å². The summed E-state index contributed by atoms with van der Waals surface area (Å²) < 4.78 is 45.9. The normalized spacial score (nSPS) is 17.2. The van der Waals surface area contributed by atoms with Crippen molar-refractivity contribution in [3.63, 3.8) is 0 Å². The van der Waals surface area contributed by atoms with Gasteiger partial charge in [-0.3, -0.25) is 15.2 Å². The van der Waals surface area contributed by atoms with Gasteiger partial charge in [0, 0.05) is 17.8 Å². The van der Waals surface area contributed by atoms with Crippen LogP contribution in [-0.2, 0) is 15.7 Å². The molecule has 1 aromatic rings. The summed E-state index contributed by atoms with van der Waals surface area (Å²) >= 11 is 0. The van der Waals surface area contributed by atoms with Crippen LogP contribution in [0.5, 0.6) is 0 Å². The van der Waals surface area contributed by atoms with Crippen LogP contribution in [-0.4, -0.2) is 68.2 Å². The third-order valence-electron chi connectivity index (χ3n) is 6.02. The predicted molar refractivity (Wildman–Crippen MR) is 141 cm³/mol. The molecule has 0 radical (unpaired) electrons. The minimum atomic E-state index is -4.67. The van der Waals surface area contributed by atoms with E-state index in [4.69, 9.17) is 15.9 Å². The second kappa shape index (κ2) is 12.0. The van der Waals surface area contributed by atoms with Crippen LogP contribution in [0.2, 0.25) is 0 Å². The molecular formula is C27H32F3N6O3+. The van der Waals surface area contributed by atoms with Gasteiger partial charge < -0.3 is 15.0 Å². The van der Waals surface area contributed by atoms with E-state index in [0.29, 0.717) is 23.0 Å². The summed E-state index contributed by atoms with van der Waals surface area (Å²) in [7, 11) is 6.93. The Hall–Kier alpha value is -4.37. The molecule has 1 aliphatic rings. The van der Waals surface area contributed by atoms with E-state index >= 15 is 0 Å². The Morgan fingerprint density at radius 2 is 1.92 bits per heavy atom. The zero-order valence-electron chi connectivity index (χ0n) is 22.5. The second-order valence-corrected chi connectivity index (χ2v) is 9.75. The number of primary amides is 1. The molecule has 0 bridgehead atoms. The van der Waals surface area contributed by atoms with Crippen molar-refractivity contribution in [3.8, 4) is 6.07 Å². The Bertz CT molecular complexity index is 1300. The SMILES string of the molecule is C=C/C(C#N)=C\C=C(/CC[N+](C)(C)C)[C@@H]1C(C(=O)OC)=C(C)N(c2cccc(C(F)(F)F)c2)C(=N)N1C(N)=O. The molecule has 0 unspecified atom stereocenters. The lowest BCUT2D eigenvalue weighted by atomic mass is 9.90. The van der Waals surface area contributed by atoms with Gasteiger partial charge in [-0.25, -0.2) is 9.59 Å². The van der Waals surface area contributed by atoms with Crippen molar-refractivity contribution in [3.05, 3.63) is 77.1 Å². The number of halogens is 3. The number of allylic oxidation sites excluding steroid dienone is 5. The van der Waals surface area contributed by atoms with Crippen molar-refractivity contribution in [2.45, 2.75) is 25.6 Å².